The van der Waals surface area contributed by atoms with Gasteiger partial charge < -0.3 is 5.11 Å². The molecule has 5 heteroatoms. The topological polar surface area (TPSA) is 50.2 Å². The van der Waals surface area contributed by atoms with Crippen molar-refractivity contribution in [3.8, 4) is 0 Å². The number of carboxylic acid groups (broad SMARTS) is 1. The molecule has 2 heterocycles. The lowest BCUT2D eigenvalue weighted by molar-refractivity contribution is 0.0697. The SMILES string of the molecule is CC(C)(C)c1csc(Cc2cc(C(=O)O)cs2)n1. The molecule has 2 rings (SSSR count). The third-order valence-electron chi connectivity index (χ3n) is 2.55. The standard InChI is InChI=1S/C13H15NO2S2/c1-13(2,3)10-7-18-11(14-10)5-9-4-8(6-17-9)12(15)16/h4,6-7H,5H2,1-3H3,(H,15,16). The zero-order valence-corrected chi connectivity index (χ0v) is 12.2. The molecule has 2 aromatic heterocycles. The average Bonchev–Trinajstić information content (AvgIpc) is 2.85. The molecule has 3 nitrogen and oxygen atoms in total. The summed E-state index contributed by atoms with van der Waals surface area (Å²) in [7, 11) is 0. The van der Waals surface area contributed by atoms with Crippen molar-refractivity contribution in [1.29, 1.82) is 0 Å². The maximum atomic E-state index is 10.8. The summed E-state index contributed by atoms with van der Waals surface area (Å²) in [6.07, 6.45) is 0.721. The van der Waals surface area contributed by atoms with Gasteiger partial charge in [-0.3, -0.25) is 0 Å². The molecule has 1 N–H and O–H groups in total. The van der Waals surface area contributed by atoms with Gasteiger partial charge in [-0.2, -0.15) is 0 Å². The molecular formula is C13H15NO2S2. The van der Waals surface area contributed by atoms with Gasteiger partial charge in [0.15, 0.2) is 0 Å². The zero-order chi connectivity index (χ0) is 13.3. The van der Waals surface area contributed by atoms with Crippen molar-refractivity contribution < 1.29 is 9.90 Å². The molecule has 96 valence electrons. The lowest BCUT2D eigenvalue weighted by atomic mass is 9.93. The van der Waals surface area contributed by atoms with E-state index in [4.69, 9.17) is 5.11 Å². The van der Waals surface area contributed by atoms with Crippen LogP contribution in [-0.2, 0) is 11.8 Å². The third kappa shape index (κ3) is 2.97. The Balaban J connectivity index is 2.14. The van der Waals surface area contributed by atoms with Crippen molar-refractivity contribution in [3.63, 3.8) is 0 Å². The van der Waals surface area contributed by atoms with Crippen molar-refractivity contribution in [2.75, 3.05) is 0 Å². The average molecular weight is 281 g/mol. The van der Waals surface area contributed by atoms with E-state index in [1.807, 2.05) is 0 Å². The van der Waals surface area contributed by atoms with Crippen molar-refractivity contribution in [1.82, 2.24) is 4.98 Å². The van der Waals surface area contributed by atoms with Crippen molar-refractivity contribution in [2.24, 2.45) is 0 Å². The fraction of sp³-hybridized carbons (Fsp3) is 0.385. The van der Waals surface area contributed by atoms with Crippen LogP contribution in [0.5, 0.6) is 0 Å². The van der Waals surface area contributed by atoms with Crippen molar-refractivity contribution >= 4 is 28.6 Å². The Morgan fingerprint density at radius 1 is 1.33 bits per heavy atom. The van der Waals surface area contributed by atoms with E-state index >= 15 is 0 Å². The molecule has 0 aromatic carbocycles. The van der Waals surface area contributed by atoms with Gasteiger partial charge in [-0.25, -0.2) is 9.78 Å². The summed E-state index contributed by atoms with van der Waals surface area (Å²) in [5, 5.41) is 13.7. The lowest BCUT2D eigenvalue weighted by Crippen LogP contribution is -2.11. The highest BCUT2D eigenvalue weighted by Gasteiger charge is 2.17. The van der Waals surface area contributed by atoms with Crippen LogP contribution < -0.4 is 0 Å². The maximum Gasteiger partial charge on any atom is 0.336 e. The Hall–Kier alpha value is -1.20. The largest absolute Gasteiger partial charge is 0.478 e. The highest BCUT2D eigenvalue weighted by molar-refractivity contribution is 7.11. The van der Waals surface area contributed by atoms with Gasteiger partial charge in [0.05, 0.1) is 16.3 Å². The first-order chi connectivity index (χ1) is 8.36. The molecule has 0 amide bonds. The highest BCUT2D eigenvalue weighted by Crippen LogP contribution is 2.26. The van der Waals surface area contributed by atoms with E-state index < -0.39 is 5.97 Å². The summed E-state index contributed by atoms with van der Waals surface area (Å²) in [6, 6.07) is 1.73. The number of thiazole rings is 1. The number of carbonyl (C=O) groups is 1. The van der Waals surface area contributed by atoms with Gasteiger partial charge in [0, 0.05) is 27.5 Å². The van der Waals surface area contributed by atoms with E-state index in [9.17, 15) is 4.79 Å². The Morgan fingerprint density at radius 3 is 2.56 bits per heavy atom. The van der Waals surface area contributed by atoms with Crippen molar-refractivity contribution in [3.05, 3.63) is 38.0 Å². The summed E-state index contributed by atoms with van der Waals surface area (Å²) >= 11 is 3.11. The summed E-state index contributed by atoms with van der Waals surface area (Å²) in [4.78, 5) is 16.4. The molecule has 0 aliphatic rings. The Labute approximate surface area is 114 Å². The van der Waals surface area contributed by atoms with Crippen LogP contribution in [0.4, 0.5) is 0 Å². The summed E-state index contributed by atoms with van der Waals surface area (Å²) in [5.74, 6) is -0.869. The van der Waals surface area contributed by atoms with Crippen LogP contribution in [0.15, 0.2) is 16.8 Å². The van der Waals surface area contributed by atoms with Gasteiger partial charge in [0.2, 0.25) is 0 Å². The van der Waals surface area contributed by atoms with Crippen LogP contribution >= 0.6 is 22.7 Å². The molecular weight excluding hydrogens is 266 g/mol. The van der Waals surface area contributed by atoms with Crippen LogP contribution in [-0.4, -0.2) is 16.1 Å². The normalized spacial score (nSPS) is 11.7. The van der Waals surface area contributed by atoms with Crippen LogP contribution in [0.1, 0.15) is 46.7 Å². The second-order valence-corrected chi connectivity index (χ2v) is 7.10. The predicted molar refractivity (Wildman–Crippen MR) is 74.9 cm³/mol. The number of thiophene rings is 1. The number of aromatic nitrogens is 1. The fourth-order valence-corrected chi connectivity index (χ4v) is 3.47. The van der Waals surface area contributed by atoms with E-state index in [1.165, 1.54) is 11.3 Å². The third-order valence-corrected chi connectivity index (χ3v) is 4.33. The minimum atomic E-state index is -0.869. The first kappa shape index (κ1) is 13.2. The molecule has 0 spiro atoms. The number of hydrogen-bond donors (Lipinski definition) is 1. The minimum Gasteiger partial charge on any atom is -0.478 e. The van der Waals surface area contributed by atoms with Crippen LogP contribution in [0, 0.1) is 0 Å². The monoisotopic (exact) mass is 281 g/mol. The van der Waals surface area contributed by atoms with E-state index in [2.05, 4.69) is 31.1 Å². The minimum absolute atomic E-state index is 0.0659. The molecule has 0 fully saturated rings. The number of rotatable bonds is 3. The highest BCUT2D eigenvalue weighted by atomic mass is 32.1. The van der Waals surface area contributed by atoms with Crippen molar-refractivity contribution in [2.45, 2.75) is 32.6 Å². The Morgan fingerprint density at radius 2 is 2.06 bits per heavy atom. The Bertz CT molecular complexity index is 564. The molecule has 0 saturated heterocycles. The summed E-state index contributed by atoms with van der Waals surface area (Å²) in [5.41, 5.74) is 1.52. The molecule has 0 unspecified atom stereocenters. The van der Waals surface area contributed by atoms with Crippen LogP contribution in [0.25, 0.3) is 0 Å². The van der Waals surface area contributed by atoms with Gasteiger partial charge in [-0.05, 0) is 6.07 Å². The second kappa shape index (κ2) is 4.82. The number of hydrogen-bond acceptors (Lipinski definition) is 4. The maximum absolute atomic E-state index is 10.8. The molecule has 18 heavy (non-hydrogen) atoms. The molecule has 0 atom stereocenters. The molecule has 0 aliphatic carbocycles. The lowest BCUT2D eigenvalue weighted by Gasteiger charge is -2.14. The van der Waals surface area contributed by atoms with E-state index in [0.717, 1.165) is 22.0 Å². The zero-order valence-electron chi connectivity index (χ0n) is 10.6. The number of aromatic carboxylic acids is 1. The fourth-order valence-electron chi connectivity index (χ4n) is 1.47. The molecule has 0 radical (unpaired) electrons. The first-order valence-corrected chi connectivity index (χ1v) is 7.38. The van der Waals surface area contributed by atoms with Gasteiger partial charge >= 0.3 is 5.97 Å². The molecule has 2 aromatic rings. The molecule has 0 saturated carbocycles. The summed E-state index contributed by atoms with van der Waals surface area (Å²) in [6.45, 7) is 6.42. The van der Waals surface area contributed by atoms with Crippen LogP contribution in [0.2, 0.25) is 0 Å². The van der Waals surface area contributed by atoms with E-state index in [1.54, 1.807) is 22.8 Å². The smallest absolute Gasteiger partial charge is 0.336 e. The Kier molecular flexibility index (Phi) is 3.54. The predicted octanol–water partition coefficient (Wildman–Crippen LogP) is 3.79. The number of nitrogens with zero attached hydrogens (tertiary/aromatic N) is 1. The van der Waals surface area contributed by atoms with Crippen LogP contribution in [0.3, 0.4) is 0 Å². The van der Waals surface area contributed by atoms with Gasteiger partial charge in [-0.1, -0.05) is 20.8 Å². The first-order valence-electron chi connectivity index (χ1n) is 5.62. The molecule has 0 bridgehead atoms. The second-order valence-electron chi connectivity index (χ2n) is 5.16. The quantitative estimate of drug-likeness (QED) is 0.931. The van der Waals surface area contributed by atoms with Gasteiger partial charge in [0.25, 0.3) is 0 Å². The number of carboxylic acids is 1. The van der Waals surface area contributed by atoms with E-state index in [0.29, 0.717) is 5.56 Å². The summed E-state index contributed by atoms with van der Waals surface area (Å²) < 4.78 is 0. The van der Waals surface area contributed by atoms with Gasteiger partial charge in [-0.15, -0.1) is 22.7 Å². The molecule has 0 aliphatic heterocycles. The van der Waals surface area contributed by atoms with E-state index in [-0.39, 0.29) is 5.41 Å². The van der Waals surface area contributed by atoms with Gasteiger partial charge in [0.1, 0.15) is 0 Å².